The van der Waals surface area contributed by atoms with Crippen LogP contribution in [-0.4, -0.2) is 18.1 Å². The third-order valence-electron chi connectivity index (χ3n) is 5.03. The molecule has 1 aromatic heterocycles. The number of halogens is 1. The summed E-state index contributed by atoms with van der Waals surface area (Å²) in [5.41, 5.74) is 1.94. The fourth-order valence-electron chi connectivity index (χ4n) is 3.69. The van der Waals surface area contributed by atoms with Gasteiger partial charge in [0.15, 0.2) is 0 Å². The molecule has 0 atom stereocenters. The van der Waals surface area contributed by atoms with Crippen LogP contribution in [0.25, 0.3) is 0 Å². The van der Waals surface area contributed by atoms with E-state index in [1.165, 1.54) is 63.6 Å². The van der Waals surface area contributed by atoms with E-state index in [-0.39, 0.29) is 0 Å². The number of hydrogen-bond acceptors (Lipinski definition) is 2. The van der Waals surface area contributed by atoms with E-state index in [2.05, 4.69) is 37.9 Å². The molecule has 2 nitrogen and oxygen atoms in total. The molecule has 0 bridgehead atoms. The minimum Gasteiger partial charge on any atom is -0.357 e. The van der Waals surface area contributed by atoms with Gasteiger partial charge in [-0.1, -0.05) is 41.3 Å². The van der Waals surface area contributed by atoms with Crippen LogP contribution in [0, 0.1) is 5.41 Å². The van der Waals surface area contributed by atoms with Crippen molar-refractivity contribution in [2.45, 2.75) is 50.3 Å². The molecule has 104 valence electrons. The van der Waals surface area contributed by atoms with Gasteiger partial charge in [0.05, 0.1) is 0 Å². The van der Waals surface area contributed by atoms with Crippen LogP contribution in [0.4, 0.5) is 5.82 Å². The molecule has 1 aromatic rings. The lowest BCUT2D eigenvalue weighted by molar-refractivity contribution is 0.144. The van der Waals surface area contributed by atoms with E-state index in [0.29, 0.717) is 5.41 Å². The normalized spacial score (nSPS) is 22.7. The zero-order chi connectivity index (χ0) is 13.1. The first-order valence-electron chi connectivity index (χ1n) is 7.57. The van der Waals surface area contributed by atoms with Gasteiger partial charge in [0, 0.05) is 24.6 Å². The summed E-state index contributed by atoms with van der Waals surface area (Å²) in [5, 5.41) is 0.892. The minimum absolute atomic E-state index is 0.685. The van der Waals surface area contributed by atoms with Gasteiger partial charge in [-0.2, -0.15) is 0 Å². The molecule has 1 aliphatic heterocycles. The van der Waals surface area contributed by atoms with Crippen LogP contribution < -0.4 is 4.90 Å². The monoisotopic (exact) mass is 322 g/mol. The summed E-state index contributed by atoms with van der Waals surface area (Å²) in [5.74, 6) is 1.16. The molecule has 0 amide bonds. The summed E-state index contributed by atoms with van der Waals surface area (Å²) in [7, 11) is 0. The van der Waals surface area contributed by atoms with Crippen LogP contribution in [0.5, 0.6) is 0 Å². The van der Waals surface area contributed by atoms with Crippen LogP contribution in [-0.2, 0) is 5.33 Å². The van der Waals surface area contributed by atoms with Crippen molar-refractivity contribution in [3.8, 4) is 0 Å². The molecule has 1 saturated heterocycles. The fraction of sp³-hybridized carbons (Fsp3) is 0.688. The number of nitrogens with zero attached hydrogens (tertiary/aromatic N) is 2. The van der Waals surface area contributed by atoms with Gasteiger partial charge in [0.25, 0.3) is 0 Å². The largest absolute Gasteiger partial charge is 0.357 e. The third kappa shape index (κ3) is 2.96. The van der Waals surface area contributed by atoms with Crippen molar-refractivity contribution >= 4 is 21.7 Å². The Balaban J connectivity index is 1.62. The van der Waals surface area contributed by atoms with Crippen molar-refractivity contribution in [2.75, 3.05) is 18.0 Å². The van der Waals surface area contributed by atoms with Gasteiger partial charge < -0.3 is 4.90 Å². The van der Waals surface area contributed by atoms with Gasteiger partial charge in [-0.05, 0) is 42.7 Å². The maximum atomic E-state index is 4.60. The highest BCUT2D eigenvalue weighted by Gasteiger charge is 2.35. The maximum absolute atomic E-state index is 4.60. The summed E-state index contributed by atoms with van der Waals surface area (Å²) in [6.07, 6.45) is 12.0. The second kappa shape index (κ2) is 5.82. The van der Waals surface area contributed by atoms with Crippen molar-refractivity contribution in [3.63, 3.8) is 0 Å². The summed E-state index contributed by atoms with van der Waals surface area (Å²) in [6.45, 7) is 2.39. The number of hydrogen-bond donors (Lipinski definition) is 0. The molecule has 2 aliphatic rings. The highest BCUT2D eigenvalue weighted by atomic mass is 79.9. The molecular weight excluding hydrogens is 300 g/mol. The number of rotatable bonds is 2. The first-order valence-corrected chi connectivity index (χ1v) is 8.69. The van der Waals surface area contributed by atoms with Crippen molar-refractivity contribution in [3.05, 3.63) is 23.9 Å². The Labute approximate surface area is 124 Å². The fourth-order valence-corrected chi connectivity index (χ4v) is 4.03. The van der Waals surface area contributed by atoms with Gasteiger partial charge in [-0.25, -0.2) is 4.98 Å². The standard InChI is InChI=1S/C16H23BrN2/c17-12-14-4-5-15(18-13-14)19-10-8-16(9-11-19)6-2-1-3-7-16/h4-5,13H,1-3,6-12H2. The van der Waals surface area contributed by atoms with Gasteiger partial charge >= 0.3 is 0 Å². The molecular formula is C16H23BrN2. The average Bonchev–Trinajstić information content (AvgIpc) is 2.49. The Kier molecular flexibility index (Phi) is 4.11. The Hall–Kier alpha value is -0.570. The van der Waals surface area contributed by atoms with Crippen LogP contribution in [0.2, 0.25) is 0 Å². The van der Waals surface area contributed by atoms with Crippen molar-refractivity contribution < 1.29 is 0 Å². The van der Waals surface area contributed by atoms with E-state index in [9.17, 15) is 0 Å². The molecule has 3 rings (SSSR count). The number of pyridine rings is 1. The Morgan fingerprint density at radius 2 is 1.79 bits per heavy atom. The molecule has 0 aromatic carbocycles. The van der Waals surface area contributed by atoms with E-state index < -0.39 is 0 Å². The second-order valence-electron chi connectivity index (χ2n) is 6.21. The maximum Gasteiger partial charge on any atom is 0.128 e. The third-order valence-corrected chi connectivity index (χ3v) is 5.67. The summed E-state index contributed by atoms with van der Waals surface area (Å²) < 4.78 is 0. The predicted octanol–water partition coefficient (Wildman–Crippen LogP) is 4.53. The topological polar surface area (TPSA) is 16.1 Å². The zero-order valence-corrected chi connectivity index (χ0v) is 13.2. The molecule has 1 saturated carbocycles. The van der Waals surface area contributed by atoms with E-state index in [1.807, 2.05) is 6.20 Å². The molecule has 19 heavy (non-hydrogen) atoms. The smallest absolute Gasteiger partial charge is 0.128 e. The molecule has 3 heteroatoms. The molecule has 2 heterocycles. The summed E-state index contributed by atoms with van der Waals surface area (Å²) >= 11 is 3.47. The van der Waals surface area contributed by atoms with Crippen LogP contribution in [0.1, 0.15) is 50.5 Å². The van der Waals surface area contributed by atoms with Crippen molar-refractivity contribution in [2.24, 2.45) is 5.41 Å². The molecule has 0 unspecified atom stereocenters. The van der Waals surface area contributed by atoms with Crippen LogP contribution in [0.3, 0.4) is 0 Å². The van der Waals surface area contributed by atoms with Crippen LogP contribution in [0.15, 0.2) is 18.3 Å². The van der Waals surface area contributed by atoms with E-state index in [4.69, 9.17) is 0 Å². The quantitative estimate of drug-likeness (QED) is 0.744. The Morgan fingerprint density at radius 1 is 1.05 bits per heavy atom. The van der Waals surface area contributed by atoms with Gasteiger partial charge in [-0.3, -0.25) is 0 Å². The second-order valence-corrected chi connectivity index (χ2v) is 6.77. The lowest BCUT2D eigenvalue weighted by atomic mass is 9.68. The highest BCUT2D eigenvalue weighted by Crippen LogP contribution is 2.44. The molecule has 1 aliphatic carbocycles. The number of aromatic nitrogens is 1. The van der Waals surface area contributed by atoms with Gasteiger partial charge in [-0.15, -0.1) is 0 Å². The number of anilines is 1. The lowest BCUT2D eigenvalue weighted by Crippen LogP contribution is -2.41. The number of alkyl halides is 1. The van der Waals surface area contributed by atoms with Gasteiger partial charge in [0.1, 0.15) is 5.82 Å². The SMILES string of the molecule is BrCc1ccc(N2CCC3(CCCCC3)CC2)nc1. The lowest BCUT2D eigenvalue weighted by Gasteiger charge is -2.44. The van der Waals surface area contributed by atoms with Gasteiger partial charge in [0.2, 0.25) is 0 Å². The predicted molar refractivity (Wildman–Crippen MR) is 83.8 cm³/mol. The highest BCUT2D eigenvalue weighted by molar-refractivity contribution is 9.08. The Bertz CT molecular complexity index is 399. The zero-order valence-electron chi connectivity index (χ0n) is 11.6. The summed E-state index contributed by atoms with van der Waals surface area (Å²) in [6, 6.07) is 4.36. The minimum atomic E-state index is 0.685. The first kappa shape index (κ1) is 13.4. The molecule has 0 N–H and O–H groups in total. The molecule has 1 spiro atoms. The Morgan fingerprint density at radius 3 is 2.37 bits per heavy atom. The van der Waals surface area contributed by atoms with Crippen molar-refractivity contribution in [1.29, 1.82) is 0 Å². The van der Waals surface area contributed by atoms with Crippen LogP contribution >= 0.6 is 15.9 Å². The van der Waals surface area contributed by atoms with E-state index in [1.54, 1.807) is 0 Å². The average molecular weight is 323 g/mol. The summed E-state index contributed by atoms with van der Waals surface area (Å²) in [4.78, 5) is 7.07. The van der Waals surface area contributed by atoms with Crippen molar-refractivity contribution in [1.82, 2.24) is 4.98 Å². The molecule has 2 fully saturated rings. The first-order chi connectivity index (χ1) is 9.31. The number of piperidine rings is 1. The molecule has 0 radical (unpaired) electrons. The van der Waals surface area contributed by atoms with E-state index >= 15 is 0 Å². The van der Waals surface area contributed by atoms with E-state index in [0.717, 1.165) is 11.1 Å².